The topological polar surface area (TPSA) is 74.7 Å². The van der Waals surface area contributed by atoms with E-state index in [4.69, 9.17) is 18.3 Å². The first kappa shape index (κ1) is 21.4. The molecule has 0 saturated carbocycles. The first-order valence-corrected chi connectivity index (χ1v) is 10.4. The maximum absolute atomic E-state index is 11.5. The van der Waals surface area contributed by atoms with E-state index in [1.165, 1.54) is 7.11 Å². The Kier molecular flexibility index (Phi) is 6.40. The highest BCUT2D eigenvalue weighted by molar-refractivity contribution is 5.72. The van der Waals surface area contributed by atoms with Crippen molar-refractivity contribution in [1.29, 1.82) is 0 Å². The minimum atomic E-state index is -0.275. The van der Waals surface area contributed by atoms with Crippen LogP contribution in [0.2, 0.25) is 0 Å². The van der Waals surface area contributed by atoms with Crippen LogP contribution in [0.1, 0.15) is 22.6 Å². The van der Waals surface area contributed by atoms with Gasteiger partial charge in [-0.05, 0) is 54.8 Å². The third kappa shape index (κ3) is 4.91. The lowest BCUT2D eigenvalue weighted by atomic mass is 10.1. The molecule has 32 heavy (non-hydrogen) atoms. The van der Waals surface area contributed by atoms with Crippen molar-refractivity contribution in [3.8, 4) is 28.3 Å². The molecule has 0 bridgehead atoms. The molecule has 0 unspecified atom stereocenters. The van der Waals surface area contributed by atoms with Crippen molar-refractivity contribution in [3.05, 3.63) is 83.6 Å². The number of furan rings is 1. The summed E-state index contributed by atoms with van der Waals surface area (Å²) >= 11 is 0. The molecule has 6 heteroatoms. The Hall–Kier alpha value is -3.80. The van der Waals surface area contributed by atoms with E-state index in [1.807, 2.05) is 62.4 Å². The van der Waals surface area contributed by atoms with Gasteiger partial charge in [0.05, 0.1) is 38.4 Å². The summed E-state index contributed by atoms with van der Waals surface area (Å²) in [7, 11) is 1.39. The van der Waals surface area contributed by atoms with Gasteiger partial charge in [-0.25, -0.2) is 4.98 Å². The molecule has 0 aliphatic heterocycles. The summed E-state index contributed by atoms with van der Waals surface area (Å²) in [6.45, 7) is 4.34. The first-order valence-electron chi connectivity index (χ1n) is 10.4. The Labute approximate surface area is 186 Å². The summed E-state index contributed by atoms with van der Waals surface area (Å²) in [6, 6.07) is 15.7. The Morgan fingerprint density at radius 2 is 1.78 bits per heavy atom. The highest BCUT2D eigenvalue weighted by Crippen LogP contribution is 2.27. The van der Waals surface area contributed by atoms with Crippen LogP contribution < -0.4 is 4.74 Å². The van der Waals surface area contributed by atoms with Crippen LogP contribution in [-0.4, -0.2) is 24.7 Å². The van der Waals surface area contributed by atoms with Gasteiger partial charge in [0.15, 0.2) is 0 Å². The van der Waals surface area contributed by atoms with Crippen molar-refractivity contribution in [3.63, 3.8) is 0 Å². The molecule has 4 aromatic rings. The smallest absolute Gasteiger partial charge is 0.309 e. The number of nitrogens with zero attached hydrogens (tertiary/aromatic N) is 1. The number of hydrogen-bond donors (Lipinski definition) is 0. The molecule has 0 atom stereocenters. The van der Waals surface area contributed by atoms with E-state index >= 15 is 0 Å². The zero-order chi connectivity index (χ0) is 22.5. The van der Waals surface area contributed by atoms with Crippen molar-refractivity contribution in [1.82, 2.24) is 4.98 Å². The van der Waals surface area contributed by atoms with E-state index in [0.717, 1.165) is 45.0 Å². The quantitative estimate of drug-likeness (QED) is 0.340. The number of aromatic nitrogens is 1. The largest absolute Gasteiger partial charge is 0.493 e. The fraction of sp³-hybridized carbons (Fsp3) is 0.231. The predicted molar refractivity (Wildman–Crippen MR) is 120 cm³/mol. The number of oxazole rings is 1. The van der Waals surface area contributed by atoms with E-state index in [9.17, 15) is 4.79 Å². The van der Waals surface area contributed by atoms with Gasteiger partial charge >= 0.3 is 5.97 Å². The van der Waals surface area contributed by atoms with Crippen molar-refractivity contribution in [2.75, 3.05) is 13.7 Å². The predicted octanol–water partition coefficient (Wildman–Crippen LogP) is 5.56. The summed E-state index contributed by atoms with van der Waals surface area (Å²) < 4.78 is 21.8. The van der Waals surface area contributed by atoms with Crippen molar-refractivity contribution in [2.24, 2.45) is 0 Å². The normalized spacial score (nSPS) is 10.8. The number of rotatable bonds is 8. The highest BCUT2D eigenvalue weighted by Gasteiger charge is 2.13. The van der Waals surface area contributed by atoms with Gasteiger partial charge in [-0.15, -0.1) is 0 Å². The second kappa shape index (κ2) is 9.56. The van der Waals surface area contributed by atoms with Gasteiger partial charge in [-0.2, -0.15) is 0 Å². The summed E-state index contributed by atoms with van der Waals surface area (Å²) in [5.41, 5.74) is 5.75. The summed E-state index contributed by atoms with van der Waals surface area (Å²) in [4.78, 5) is 16.2. The zero-order valence-electron chi connectivity index (χ0n) is 18.4. The van der Waals surface area contributed by atoms with Crippen LogP contribution in [-0.2, 0) is 22.4 Å². The molecule has 6 nitrogen and oxygen atoms in total. The van der Waals surface area contributed by atoms with Gasteiger partial charge in [-0.3, -0.25) is 4.79 Å². The fourth-order valence-electron chi connectivity index (χ4n) is 3.42. The number of hydrogen-bond acceptors (Lipinski definition) is 6. The summed E-state index contributed by atoms with van der Waals surface area (Å²) in [5.74, 6) is 1.84. The van der Waals surface area contributed by atoms with Crippen LogP contribution in [0.5, 0.6) is 5.75 Å². The third-order valence-electron chi connectivity index (χ3n) is 5.30. The van der Waals surface area contributed by atoms with E-state index in [1.54, 1.807) is 12.5 Å². The highest BCUT2D eigenvalue weighted by atomic mass is 16.5. The molecule has 0 radical (unpaired) electrons. The van der Waals surface area contributed by atoms with Gasteiger partial charge in [0.1, 0.15) is 11.5 Å². The molecule has 0 spiro atoms. The maximum atomic E-state index is 11.5. The Morgan fingerprint density at radius 1 is 1.00 bits per heavy atom. The van der Waals surface area contributed by atoms with Gasteiger partial charge < -0.3 is 18.3 Å². The number of esters is 1. The second-order valence-electron chi connectivity index (χ2n) is 7.56. The second-order valence-corrected chi connectivity index (χ2v) is 7.56. The minimum absolute atomic E-state index is 0.221. The molecule has 2 heterocycles. The number of aryl methyl sites for hydroxylation is 2. The van der Waals surface area contributed by atoms with Crippen molar-refractivity contribution >= 4 is 5.97 Å². The molecule has 2 aromatic heterocycles. The summed E-state index contributed by atoms with van der Waals surface area (Å²) in [6.07, 6.45) is 4.21. The standard InChI is InChI=1S/C26H25NO5/c1-17-4-5-19(15-25(28)29-3)14-24(17)31-13-11-23-18(2)32-26(27-23)21-8-6-20(7-9-21)22-10-12-30-16-22/h4-10,12,14,16H,11,13,15H2,1-3H3. The van der Waals surface area contributed by atoms with Gasteiger partial charge in [0, 0.05) is 17.5 Å². The molecule has 0 fully saturated rings. The number of ether oxygens (including phenoxy) is 2. The average Bonchev–Trinajstić information content (AvgIpc) is 3.46. The molecule has 0 amide bonds. The van der Waals surface area contributed by atoms with Crippen LogP contribution in [0.4, 0.5) is 0 Å². The Bertz CT molecular complexity index is 1190. The van der Waals surface area contributed by atoms with E-state index in [2.05, 4.69) is 4.98 Å². The Balaban J connectivity index is 1.40. The lowest BCUT2D eigenvalue weighted by Crippen LogP contribution is -2.07. The van der Waals surface area contributed by atoms with Crippen LogP contribution in [0.3, 0.4) is 0 Å². The Morgan fingerprint density at radius 3 is 2.50 bits per heavy atom. The monoisotopic (exact) mass is 431 g/mol. The minimum Gasteiger partial charge on any atom is -0.493 e. The average molecular weight is 431 g/mol. The molecule has 4 rings (SSSR count). The molecule has 0 saturated heterocycles. The van der Waals surface area contributed by atoms with Crippen LogP contribution in [0.15, 0.2) is 69.9 Å². The molecular weight excluding hydrogens is 406 g/mol. The number of benzene rings is 2. The van der Waals surface area contributed by atoms with E-state index in [-0.39, 0.29) is 12.4 Å². The molecular formula is C26H25NO5. The number of carbonyl (C=O) groups is 1. The lowest BCUT2D eigenvalue weighted by Gasteiger charge is -2.10. The van der Waals surface area contributed by atoms with Crippen LogP contribution >= 0.6 is 0 Å². The van der Waals surface area contributed by atoms with Gasteiger partial charge in [-0.1, -0.05) is 24.3 Å². The van der Waals surface area contributed by atoms with Gasteiger partial charge in [0.2, 0.25) is 5.89 Å². The molecule has 2 aromatic carbocycles. The maximum Gasteiger partial charge on any atom is 0.309 e. The fourth-order valence-corrected chi connectivity index (χ4v) is 3.42. The van der Waals surface area contributed by atoms with Crippen molar-refractivity contribution < 1.29 is 23.1 Å². The lowest BCUT2D eigenvalue weighted by molar-refractivity contribution is -0.139. The van der Waals surface area contributed by atoms with E-state index < -0.39 is 0 Å². The zero-order valence-corrected chi connectivity index (χ0v) is 18.4. The third-order valence-corrected chi connectivity index (χ3v) is 5.30. The molecule has 0 N–H and O–H groups in total. The van der Waals surface area contributed by atoms with Crippen LogP contribution in [0, 0.1) is 13.8 Å². The summed E-state index contributed by atoms with van der Waals surface area (Å²) in [5, 5.41) is 0. The first-order chi connectivity index (χ1) is 15.5. The molecule has 0 aliphatic rings. The van der Waals surface area contributed by atoms with E-state index in [0.29, 0.717) is 18.9 Å². The van der Waals surface area contributed by atoms with Crippen molar-refractivity contribution in [2.45, 2.75) is 26.7 Å². The molecule has 0 aliphatic carbocycles. The molecule has 164 valence electrons. The number of carbonyl (C=O) groups excluding carboxylic acids is 1. The van der Waals surface area contributed by atoms with Gasteiger partial charge in [0.25, 0.3) is 0 Å². The number of methoxy groups -OCH3 is 1. The SMILES string of the molecule is COC(=O)Cc1ccc(C)c(OCCc2nc(-c3ccc(-c4ccoc4)cc3)oc2C)c1. The van der Waals surface area contributed by atoms with Crippen LogP contribution in [0.25, 0.3) is 22.6 Å².